The van der Waals surface area contributed by atoms with Crippen LogP contribution in [0.1, 0.15) is 36.2 Å². The number of rotatable bonds is 2. The number of hydrogen-bond donors (Lipinski definition) is 3. The lowest BCUT2D eigenvalue weighted by atomic mass is 9.87. The van der Waals surface area contributed by atoms with Crippen LogP contribution in [0.15, 0.2) is 18.2 Å². The van der Waals surface area contributed by atoms with Crippen LogP contribution in [-0.4, -0.2) is 45.3 Å². The van der Waals surface area contributed by atoms with Gasteiger partial charge in [0.15, 0.2) is 0 Å². The summed E-state index contributed by atoms with van der Waals surface area (Å²) in [5.74, 6) is -2.03. The molecule has 126 valence electrons. The van der Waals surface area contributed by atoms with Crippen molar-refractivity contribution in [1.82, 2.24) is 10.2 Å². The van der Waals surface area contributed by atoms with Crippen molar-refractivity contribution in [3.63, 3.8) is 0 Å². The highest BCUT2D eigenvalue weighted by Gasteiger charge is 2.51. The number of carbonyl (C=O) groups excluding carboxylic acids is 4. The summed E-state index contributed by atoms with van der Waals surface area (Å²) in [7, 11) is 0. The number of nitrogens with one attached hydrogen (secondary N) is 2. The van der Waals surface area contributed by atoms with Crippen molar-refractivity contribution in [2.24, 2.45) is 0 Å². The second-order valence-electron chi connectivity index (χ2n) is 6.22. The Morgan fingerprint density at radius 2 is 2.08 bits per heavy atom. The Morgan fingerprint density at radius 1 is 1.38 bits per heavy atom. The minimum Gasteiger partial charge on any atom is -0.383 e. The molecule has 2 atom stereocenters. The molecule has 8 heteroatoms. The highest BCUT2D eigenvalue weighted by Crippen LogP contribution is 2.36. The zero-order valence-electron chi connectivity index (χ0n) is 13.3. The van der Waals surface area contributed by atoms with Crippen LogP contribution in [-0.2, 0) is 20.9 Å². The van der Waals surface area contributed by atoms with Crippen molar-refractivity contribution in [3.8, 4) is 0 Å². The molecule has 0 spiro atoms. The molecule has 1 fully saturated rings. The normalized spacial score (nSPS) is 26.2. The van der Waals surface area contributed by atoms with Gasteiger partial charge in [-0.15, -0.1) is 0 Å². The number of aliphatic hydroxyl groups excluding tert-OH is 1. The summed E-state index contributed by atoms with van der Waals surface area (Å²) in [4.78, 5) is 49.2. The van der Waals surface area contributed by atoms with Gasteiger partial charge in [-0.05, 0) is 19.1 Å². The Hall–Kier alpha value is -2.74. The molecule has 8 nitrogen and oxygen atoms in total. The quantitative estimate of drug-likeness (QED) is 0.647. The number of benzene rings is 1. The fourth-order valence-electron chi connectivity index (χ4n) is 3.16. The van der Waals surface area contributed by atoms with E-state index in [1.54, 1.807) is 18.2 Å². The number of carbonyl (C=O) groups is 4. The lowest BCUT2D eigenvalue weighted by Gasteiger charge is -2.41. The van der Waals surface area contributed by atoms with Gasteiger partial charge in [0.1, 0.15) is 11.6 Å². The number of fused-ring (bicyclic) bond motifs is 1. The summed E-state index contributed by atoms with van der Waals surface area (Å²) in [6.07, 6.45) is -1.54. The molecule has 0 aliphatic carbocycles. The number of anilines is 1. The minimum absolute atomic E-state index is 0.107. The third-order valence-corrected chi connectivity index (χ3v) is 4.49. The number of piperidine rings is 1. The van der Waals surface area contributed by atoms with Gasteiger partial charge >= 0.3 is 0 Å². The Balaban J connectivity index is 1.97. The van der Waals surface area contributed by atoms with Crippen molar-refractivity contribution >= 4 is 29.3 Å². The molecular weight excluding hydrogens is 314 g/mol. The lowest BCUT2D eigenvalue weighted by molar-refractivity contribution is -0.149. The third-order valence-electron chi connectivity index (χ3n) is 4.49. The molecule has 4 amide bonds. The number of imide groups is 1. The third kappa shape index (κ3) is 2.35. The van der Waals surface area contributed by atoms with Crippen LogP contribution in [0.25, 0.3) is 0 Å². The van der Waals surface area contributed by atoms with Crippen LogP contribution >= 0.6 is 0 Å². The molecule has 2 aliphatic heterocycles. The maximum absolute atomic E-state index is 12.7. The average Bonchev–Trinajstić information content (AvgIpc) is 2.84. The highest BCUT2D eigenvalue weighted by atomic mass is 16.3. The molecule has 3 N–H and O–H groups in total. The van der Waals surface area contributed by atoms with Crippen LogP contribution in [0.5, 0.6) is 0 Å². The topological polar surface area (TPSA) is 116 Å². The van der Waals surface area contributed by atoms with E-state index in [2.05, 4.69) is 10.6 Å². The molecule has 2 unspecified atom stereocenters. The van der Waals surface area contributed by atoms with Gasteiger partial charge < -0.3 is 15.3 Å². The molecular formula is C16H17N3O5. The van der Waals surface area contributed by atoms with Crippen LogP contribution < -0.4 is 10.6 Å². The Bertz CT molecular complexity index is 775. The van der Waals surface area contributed by atoms with Crippen LogP contribution in [0.2, 0.25) is 0 Å². The fourth-order valence-corrected chi connectivity index (χ4v) is 3.16. The van der Waals surface area contributed by atoms with Crippen molar-refractivity contribution in [2.45, 2.75) is 38.5 Å². The average molecular weight is 331 g/mol. The SMILES string of the molecule is CC(=O)Nc1cccc2c1CN(C1(C)CC(O)C(=O)NC1=O)C2=O. The highest BCUT2D eigenvalue weighted by molar-refractivity contribution is 6.09. The van der Waals surface area contributed by atoms with E-state index < -0.39 is 23.5 Å². The van der Waals surface area contributed by atoms with Gasteiger partial charge in [-0.2, -0.15) is 0 Å². The van der Waals surface area contributed by atoms with Gasteiger partial charge in [-0.1, -0.05) is 6.07 Å². The summed E-state index contributed by atoms with van der Waals surface area (Å²) in [6, 6.07) is 4.94. The first kappa shape index (κ1) is 16.1. The first-order valence-corrected chi connectivity index (χ1v) is 7.49. The maximum atomic E-state index is 12.7. The zero-order valence-corrected chi connectivity index (χ0v) is 13.3. The van der Waals surface area contributed by atoms with Crippen molar-refractivity contribution < 1.29 is 24.3 Å². The van der Waals surface area contributed by atoms with Crippen molar-refractivity contribution in [2.75, 3.05) is 5.32 Å². The summed E-state index contributed by atoms with van der Waals surface area (Å²) >= 11 is 0. The van der Waals surface area contributed by atoms with E-state index in [4.69, 9.17) is 0 Å². The molecule has 3 rings (SSSR count). The molecule has 24 heavy (non-hydrogen) atoms. The summed E-state index contributed by atoms with van der Waals surface area (Å²) in [6.45, 7) is 2.99. The van der Waals surface area contributed by atoms with Crippen LogP contribution in [0.3, 0.4) is 0 Å². The Morgan fingerprint density at radius 3 is 2.75 bits per heavy atom. The van der Waals surface area contributed by atoms with Gasteiger partial charge in [0.25, 0.3) is 17.7 Å². The number of aliphatic hydroxyl groups is 1. The molecule has 0 bridgehead atoms. The standard InChI is InChI=1S/C16H17N3O5/c1-8(20)17-11-5-3-4-9-10(11)7-19(14(9)23)16(2)6-12(21)13(22)18-15(16)24/h3-5,12,21H,6-7H2,1-2H3,(H,17,20)(H,18,22,24). The van der Waals surface area contributed by atoms with Gasteiger partial charge in [0, 0.05) is 36.7 Å². The van der Waals surface area contributed by atoms with Crippen molar-refractivity contribution in [3.05, 3.63) is 29.3 Å². The first-order chi connectivity index (χ1) is 11.2. The molecule has 0 aromatic heterocycles. The number of hydrogen-bond acceptors (Lipinski definition) is 5. The van der Waals surface area contributed by atoms with Gasteiger partial charge in [-0.3, -0.25) is 24.5 Å². The van der Waals surface area contributed by atoms with E-state index >= 15 is 0 Å². The second-order valence-corrected chi connectivity index (χ2v) is 6.22. The predicted octanol–water partition coefficient (Wildman–Crippen LogP) is -0.233. The minimum atomic E-state index is -1.36. The molecule has 0 saturated carbocycles. The summed E-state index contributed by atoms with van der Waals surface area (Å²) in [5.41, 5.74) is 0.156. The van der Waals surface area contributed by atoms with E-state index in [1.165, 1.54) is 18.7 Å². The molecule has 1 saturated heterocycles. The van der Waals surface area contributed by atoms with E-state index in [0.717, 1.165) is 0 Å². The van der Waals surface area contributed by atoms with Gasteiger partial charge in [-0.25, -0.2) is 0 Å². The smallest absolute Gasteiger partial charge is 0.255 e. The monoisotopic (exact) mass is 331 g/mol. The van der Waals surface area contributed by atoms with E-state index in [0.29, 0.717) is 16.8 Å². The van der Waals surface area contributed by atoms with Crippen LogP contribution in [0, 0.1) is 0 Å². The van der Waals surface area contributed by atoms with Gasteiger partial charge in [0.05, 0.1) is 0 Å². The molecule has 2 heterocycles. The fraction of sp³-hybridized carbons (Fsp3) is 0.375. The van der Waals surface area contributed by atoms with Gasteiger partial charge in [0.2, 0.25) is 5.91 Å². The van der Waals surface area contributed by atoms with E-state index in [-0.39, 0.29) is 24.8 Å². The zero-order chi connectivity index (χ0) is 17.6. The lowest BCUT2D eigenvalue weighted by Crippen LogP contribution is -2.65. The van der Waals surface area contributed by atoms with E-state index in [1.807, 2.05) is 0 Å². The predicted molar refractivity (Wildman–Crippen MR) is 82.8 cm³/mol. The largest absolute Gasteiger partial charge is 0.383 e. The molecule has 1 aromatic rings. The van der Waals surface area contributed by atoms with Crippen LogP contribution in [0.4, 0.5) is 5.69 Å². The summed E-state index contributed by atoms with van der Waals surface area (Å²) < 4.78 is 0. The Labute approximate surface area is 137 Å². The number of amides is 4. The summed E-state index contributed by atoms with van der Waals surface area (Å²) in [5, 5.41) is 14.6. The Kier molecular flexibility index (Phi) is 3.64. The maximum Gasteiger partial charge on any atom is 0.255 e. The first-order valence-electron chi connectivity index (χ1n) is 7.49. The molecule has 2 aliphatic rings. The second kappa shape index (κ2) is 5.41. The number of nitrogens with zero attached hydrogens (tertiary/aromatic N) is 1. The van der Waals surface area contributed by atoms with E-state index in [9.17, 15) is 24.3 Å². The molecule has 0 radical (unpaired) electrons. The van der Waals surface area contributed by atoms with Crippen molar-refractivity contribution in [1.29, 1.82) is 0 Å². The molecule has 1 aromatic carbocycles.